The van der Waals surface area contributed by atoms with Crippen molar-refractivity contribution in [2.45, 2.75) is 67.9 Å². The number of aryl methyl sites for hydroxylation is 4. The summed E-state index contributed by atoms with van der Waals surface area (Å²) in [6, 6.07) is 11.0. The van der Waals surface area contributed by atoms with Crippen molar-refractivity contribution in [3.8, 4) is 28.6 Å². The number of aliphatic hydroxyl groups is 2. The summed E-state index contributed by atoms with van der Waals surface area (Å²) in [6.07, 6.45) is -0.180. The maximum atomic E-state index is 10.9. The highest BCUT2D eigenvalue weighted by atomic mass is 16.5. The summed E-state index contributed by atoms with van der Waals surface area (Å²) in [7, 11) is 3.95. The Labute approximate surface area is 289 Å². The summed E-state index contributed by atoms with van der Waals surface area (Å²) in [5.41, 5.74) is 5.43. The van der Waals surface area contributed by atoms with Gasteiger partial charge in [0, 0.05) is 49.7 Å². The van der Waals surface area contributed by atoms with E-state index in [0.717, 1.165) is 59.0 Å². The van der Waals surface area contributed by atoms with E-state index in [2.05, 4.69) is 52.7 Å². The van der Waals surface area contributed by atoms with Gasteiger partial charge in [0.15, 0.2) is 0 Å². The van der Waals surface area contributed by atoms with Gasteiger partial charge in [-0.15, -0.1) is 0 Å². The van der Waals surface area contributed by atoms with Gasteiger partial charge >= 0.3 is 5.97 Å². The van der Waals surface area contributed by atoms with Gasteiger partial charge in [-0.25, -0.2) is 14.8 Å². The number of pyridine rings is 2. The lowest BCUT2D eigenvalue weighted by atomic mass is 10.0. The van der Waals surface area contributed by atoms with E-state index in [1.54, 1.807) is 19.1 Å². The zero-order valence-electron chi connectivity index (χ0n) is 30.5. The Bertz CT molecular complexity index is 1690. The van der Waals surface area contributed by atoms with Gasteiger partial charge in [0.2, 0.25) is 5.82 Å². The molecule has 1 atom stereocenters. The predicted molar refractivity (Wildman–Crippen MR) is 193 cm³/mol. The summed E-state index contributed by atoms with van der Waals surface area (Å²) in [5, 5.41) is 31.8. The van der Waals surface area contributed by atoms with Crippen molar-refractivity contribution < 1.29 is 29.4 Å². The second-order valence-corrected chi connectivity index (χ2v) is 13.3. The number of benzene rings is 1. The van der Waals surface area contributed by atoms with Crippen LogP contribution in [0.3, 0.4) is 0 Å². The van der Waals surface area contributed by atoms with Crippen molar-refractivity contribution in [2.24, 2.45) is 11.8 Å². The van der Waals surface area contributed by atoms with Gasteiger partial charge in [0.05, 0.1) is 12.2 Å². The lowest BCUT2D eigenvalue weighted by Gasteiger charge is -2.21. The SMILES string of the molecule is CCc1cc(-c2noc(-c3cc(C)nc(N(C)CC(C)C)c3)n2)cc(C)c1OCC(O)CO.Cc1cc(C(=O)O)cc(N(C)CC(C)C)n1. The van der Waals surface area contributed by atoms with E-state index in [9.17, 15) is 9.90 Å². The van der Waals surface area contributed by atoms with Gasteiger partial charge < -0.3 is 34.4 Å². The molecule has 12 nitrogen and oxygen atoms in total. The molecule has 49 heavy (non-hydrogen) atoms. The molecule has 0 radical (unpaired) electrons. The number of rotatable bonds is 14. The number of carboxylic acid groups (broad SMARTS) is 1. The minimum absolute atomic E-state index is 0.0328. The van der Waals surface area contributed by atoms with E-state index in [1.807, 2.05) is 64.0 Å². The van der Waals surface area contributed by atoms with Crippen LogP contribution in [0.25, 0.3) is 22.8 Å². The summed E-state index contributed by atoms with van der Waals surface area (Å²) in [4.78, 5) is 28.6. The van der Waals surface area contributed by atoms with Crippen LogP contribution in [-0.4, -0.2) is 87.9 Å². The van der Waals surface area contributed by atoms with Crippen LogP contribution in [-0.2, 0) is 6.42 Å². The van der Waals surface area contributed by atoms with E-state index in [0.29, 0.717) is 35.1 Å². The highest BCUT2D eigenvalue weighted by Crippen LogP contribution is 2.32. The first-order valence-corrected chi connectivity index (χ1v) is 16.6. The van der Waals surface area contributed by atoms with Crippen molar-refractivity contribution in [2.75, 3.05) is 50.2 Å². The van der Waals surface area contributed by atoms with Crippen LogP contribution in [0.1, 0.15) is 67.5 Å². The Balaban J connectivity index is 0.000000341. The molecule has 0 aliphatic rings. The van der Waals surface area contributed by atoms with E-state index >= 15 is 0 Å². The van der Waals surface area contributed by atoms with Crippen LogP contribution < -0.4 is 14.5 Å². The highest BCUT2D eigenvalue weighted by molar-refractivity contribution is 5.88. The average molecular weight is 677 g/mol. The lowest BCUT2D eigenvalue weighted by Crippen LogP contribution is -2.24. The summed E-state index contributed by atoms with van der Waals surface area (Å²) >= 11 is 0. The molecule has 266 valence electrons. The van der Waals surface area contributed by atoms with E-state index in [-0.39, 0.29) is 18.8 Å². The molecular formula is C37H52N6O6. The van der Waals surface area contributed by atoms with Gasteiger partial charge in [0.25, 0.3) is 5.89 Å². The molecule has 0 aliphatic heterocycles. The van der Waals surface area contributed by atoms with Gasteiger partial charge in [-0.2, -0.15) is 4.98 Å². The number of anilines is 2. The highest BCUT2D eigenvalue weighted by Gasteiger charge is 2.18. The van der Waals surface area contributed by atoms with Gasteiger partial charge in [-0.05, 0) is 86.6 Å². The number of aromatic carboxylic acids is 1. The maximum absolute atomic E-state index is 10.9. The van der Waals surface area contributed by atoms with E-state index in [4.69, 9.17) is 19.5 Å². The van der Waals surface area contributed by atoms with Crippen molar-refractivity contribution in [3.05, 3.63) is 64.5 Å². The molecule has 4 aromatic rings. The number of hydrogen-bond acceptors (Lipinski definition) is 11. The Kier molecular flexibility index (Phi) is 14.1. The number of carbonyl (C=O) groups is 1. The normalized spacial score (nSPS) is 11.7. The fourth-order valence-electron chi connectivity index (χ4n) is 5.36. The zero-order chi connectivity index (χ0) is 36.4. The fraction of sp³-hybridized carbons (Fsp3) is 0.486. The first kappa shape index (κ1) is 38.9. The van der Waals surface area contributed by atoms with Gasteiger partial charge in [-0.3, -0.25) is 0 Å². The molecule has 1 unspecified atom stereocenters. The molecular weight excluding hydrogens is 624 g/mol. The van der Waals surface area contributed by atoms with Crippen LogP contribution in [0.15, 0.2) is 40.9 Å². The first-order valence-electron chi connectivity index (χ1n) is 16.6. The second-order valence-electron chi connectivity index (χ2n) is 13.3. The minimum atomic E-state index is -0.915. The molecule has 0 bridgehead atoms. The molecule has 0 aliphatic carbocycles. The van der Waals surface area contributed by atoms with Gasteiger partial charge in [-0.1, -0.05) is 39.8 Å². The maximum Gasteiger partial charge on any atom is 0.335 e. The first-order chi connectivity index (χ1) is 23.1. The smallest absolute Gasteiger partial charge is 0.335 e. The third-order valence-corrected chi connectivity index (χ3v) is 7.48. The topological polar surface area (TPSA) is 158 Å². The monoisotopic (exact) mass is 676 g/mol. The zero-order valence-corrected chi connectivity index (χ0v) is 30.5. The molecule has 4 rings (SSSR count). The summed E-state index contributed by atoms with van der Waals surface area (Å²) in [5.74, 6) is 3.35. The Morgan fingerprint density at radius 2 is 1.45 bits per heavy atom. The molecule has 3 heterocycles. The van der Waals surface area contributed by atoms with Crippen molar-refractivity contribution >= 4 is 17.6 Å². The van der Waals surface area contributed by atoms with Crippen molar-refractivity contribution in [1.82, 2.24) is 20.1 Å². The fourth-order valence-corrected chi connectivity index (χ4v) is 5.36. The molecule has 0 spiro atoms. The molecule has 3 N–H and O–H groups in total. The summed E-state index contributed by atoms with van der Waals surface area (Å²) < 4.78 is 11.4. The number of aromatic nitrogens is 4. The van der Waals surface area contributed by atoms with Crippen LogP contribution in [0.2, 0.25) is 0 Å². The largest absolute Gasteiger partial charge is 0.490 e. The predicted octanol–water partition coefficient (Wildman–Crippen LogP) is 5.98. The van der Waals surface area contributed by atoms with Crippen LogP contribution in [0.4, 0.5) is 11.6 Å². The van der Waals surface area contributed by atoms with Crippen molar-refractivity contribution in [3.63, 3.8) is 0 Å². The standard InChI is InChI=1S/C25H34N4O4.C12H18N2O2/c1-7-18-10-19(8-16(4)23(18)32-14-21(31)13-30)24-27-25(33-28-24)20-9-17(5)26-22(11-20)29(6)12-15(2)3;1-8(2)7-14(4)11-6-10(12(15)16)5-9(3)13-11/h8-11,15,21,30-31H,7,12-14H2,1-6H3;5-6,8H,7H2,1-4H3,(H,15,16). The van der Waals surface area contributed by atoms with Crippen LogP contribution >= 0.6 is 0 Å². The molecule has 0 amide bonds. The van der Waals surface area contributed by atoms with Gasteiger partial charge in [0.1, 0.15) is 30.1 Å². The molecule has 0 saturated carbocycles. The van der Waals surface area contributed by atoms with Crippen molar-refractivity contribution in [1.29, 1.82) is 0 Å². The second kappa shape index (κ2) is 17.7. The Morgan fingerprint density at radius 3 is 2.00 bits per heavy atom. The third-order valence-electron chi connectivity index (χ3n) is 7.48. The average Bonchev–Trinajstić information content (AvgIpc) is 3.53. The molecule has 1 aromatic carbocycles. The van der Waals surface area contributed by atoms with Crippen LogP contribution in [0, 0.1) is 32.6 Å². The van der Waals surface area contributed by atoms with E-state index in [1.165, 1.54) is 0 Å². The number of ether oxygens (including phenoxy) is 1. The molecule has 0 fully saturated rings. The number of carboxylic acids is 1. The van der Waals surface area contributed by atoms with Crippen LogP contribution in [0.5, 0.6) is 5.75 Å². The molecule has 0 saturated heterocycles. The molecule has 12 heteroatoms. The third kappa shape index (κ3) is 11.3. The number of nitrogens with zero attached hydrogens (tertiary/aromatic N) is 6. The number of aliphatic hydroxyl groups excluding tert-OH is 2. The molecule has 3 aromatic heterocycles. The van der Waals surface area contributed by atoms with E-state index < -0.39 is 12.1 Å². The summed E-state index contributed by atoms with van der Waals surface area (Å²) in [6.45, 7) is 17.8. The quantitative estimate of drug-likeness (QED) is 0.144. The lowest BCUT2D eigenvalue weighted by molar-refractivity contribution is 0.0531. The Hall–Kier alpha value is -4.55. The number of hydrogen-bond donors (Lipinski definition) is 3. The minimum Gasteiger partial charge on any atom is -0.490 e. The Morgan fingerprint density at radius 1 is 0.857 bits per heavy atom.